The molecule has 10 heteroatoms. The van der Waals surface area contributed by atoms with Gasteiger partial charge in [-0.15, -0.1) is 0 Å². The first kappa shape index (κ1) is 31.3. The largest absolute Gasteiger partial charge is 0.461 e. The molecule has 0 aromatic carbocycles. The van der Waals surface area contributed by atoms with E-state index < -0.39 is 27.3 Å². The molecule has 0 aromatic heterocycles. The Bertz CT molecular complexity index is 631. The molecule has 0 aromatic rings. The van der Waals surface area contributed by atoms with Crippen LogP contribution in [-0.2, 0) is 37.7 Å². The van der Waals surface area contributed by atoms with Crippen molar-refractivity contribution >= 4 is 27.5 Å². The fraction of sp³-hybridized carbons (Fsp3) is 0.923. The summed E-state index contributed by atoms with van der Waals surface area (Å²) >= 11 is 0. The third kappa shape index (κ3) is 12.5. The highest BCUT2D eigenvalue weighted by atomic mass is 31.1. The normalized spacial score (nSPS) is 19.8. The molecule has 0 bridgehead atoms. The summed E-state index contributed by atoms with van der Waals surface area (Å²) in [6.07, 6.45) is 13.7. The quantitative estimate of drug-likeness (QED) is 0.113. The van der Waals surface area contributed by atoms with Crippen molar-refractivity contribution in [1.29, 1.82) is 0 Å². The Morgan fingerprint density at radius 2 is 1.03 bits per heavy atom. The maximum Gasteiger partial charge on any atom is 0.370 e. The van der Waals surface area contributed by atoms with Crippen LogP contribution in [0.1, 0.15) is 104 Å². The van der Waals surface area contributed by atoms with E-state index >= 15 is 0 Å². The van der Waals surface area contributed by atoms with Gasteiger partial charge in [0.2, 0.25) is 0 Å². The number of carbonyl (C=O) groups excluding carboxylic acids is 2. The minimum absolute atomic E-state index is 0.0101. The predicted octanol–water partition coefficient (Wildman–Crippen LogP) is 6.68. The standard InChI is InChI=1S/C26H46O8P2/c1-3-25(31-19-23(27)33-21-13-7-5-8-14-21)35(29)17-11-12-18-36(30)26(4-2)32-20-24(28)34-22-15-9-6-10-16-22/h21-22,25-26H,3-20H2,1-2H3/q+2. The van der Waals surface area contributed by atoms with Crippen LogP contribution in [0.25, 0.3) is 0 Å². The Kier molecular flexibility index (Phi) is 15.9. The lowest BCUT2D eigenvalue weighted by Crippen LogP contribution is -2.25. The van der Waals surface area contributed by atoms with E-state index in [1.165, 1.54) is 12.8 Å². The lowest BCUT2D eigenvalue weighted by atomic mass is 9.98. The van der Waals surface area contributed by atoms with Crippen LogP contribution in [0.3, 0.4) is 0 Å². The second-order valence-corrected chi connectivity index (χ2v) is 13.6. The fourth-order valence-corrected chi connectivity index (χ4v) is 7.71. The zero-order valence-electron chi connectivity index (χ0n) is 22.2. The van der Waals surface area contributed by atoms with E-state index in [-0.39, 0.29) is 37.4 Å². The molecule has 0 radical (unpaired) electrons. The summed E-state index contributed by atoms with van der Waals surface area (Å²) in [5.41, 5.74) is 0. The Hall–Kier alpha value is -0.940. The van der Waals surface area contributed by atoms with Crippen molar-refractivity contribution < 1.29 is 37.7 Å². The molecule has 2 aliphatic carbocycles. The minimum atomic E-state index is -1.64. The molecule has 0 saturated heterocycles. The Morgan fingerprint density at radius 1 is 0.667 bits per heavy atom. The Balaban J connectivity index is 1.59. The number of hydrogen-bond donors (Lipinski definition) is 0. The van der Waals surface area contributed by atoms with Crippen molar-refractivity contribution in [1.82, 2.24) is 0 Å². The van der Waals surface area contributed by atoms with Crippen LogP contribution in [0.15, 0.2) is 0 Å². The van der Waals surface area contributed by atoms with Gasteiger partial charge >= 0.3 is 27.5 Å². The van der Waals surface area contributed by atoms with Gasteiger partial charge in [0.05, 0.1) is 0 Å². The summed E-state index contributed by atoms with van der Waals surface area (Å²) in [5, 5.41) is 0. The van der Waals surface area contributed by atoms with Gasteiger partial charge in [-0.1, -0.05) is 35.8 Å². The summed E-state index contributed by atoms with van der Waals surface area (Å²) in [4.78, 5) is 24.1. The number of ether oxygens (including phenoxy) is 4. The topological polar surface area (TPSA) is 105 Å². The zero-order chi connectivity index (χ0) is 26.2. The molecule has 0 amide bonds. The highest BCUT2D eigenvalue weighted by Crippen LogP contribution is 2.36. The van der Waals surface area contributed by atoms with Crippen LogP contribution in [0, 0.1) is 0 Å². The molecule has 4 atom stereocenters. The molecule has 36 heavy (non-hydrogen) atoms. The van der Waals surface area contributed by atoms with Gasteiger partial charge in [-0.05, 0) is 64.2 Å². The van der Waals surface area contributed by atoms with Gasteiger partial charge in [-0.3, -0.25) is 0 Å². The van der Waals surface area contributed by atoms with Crippen molar-refractivity contribution in [3.8, 4) is 0 Å². The molecule has 0 N–H and O–H groups in total. The van der Waals surface area contributed by atoms with Gasteiger partial charge in [0.25, 0.3) is 11.7 Å². The van der Waals surface area contributed by atoms with Gasteiger partial charge in [0.1, 0.15) is 37.7 Å². The fourth-order valence-electron chi connectivity index (χ4n) is 4.77. The molecule has 0 aliphatic heterocycles. The summed E-state index contributed by atoms with van der Waals surface area (Å²) in [7, 11) is -3.27. The highest BCUT2D eigenvalue weighted by Gasteiger charge is 2.33. The van der Waals surface area contributed by atoms with E-state index in [2.05, 4.69) is 0 Å². The van der Waals surface area contributed by atoms with E-state index in [1.807, 2.05) is 13.8 Å². The number of rotatable bonds is 17. The molecule has 0 heterocycles. The molecular weight excluding hydrogens is 502 g/mol. The third-order valence-electron chi connectivity index (χ3n) is 6.84. The van der Waals surface area contributed by atoms with E-state index in [1.54, 1.807) is 0 Å². The number of carbonyl (C=O) groups is 2. The van der Waals surface area contributed by atoms with Gasteiger partial charge in [0, 0.05) is 12.8 Å². The Labute approximate surface area is 218 Å². The number of unbranched alkanes of at least 4 members (excludes halogenated alkanes) is 1. The van der Waals surface area contributed by atoms with E-state index in [0.29, 0.717) is 38.0 Å². The SMILES string of the molecule is CCC(OCC(=O)OC1CCCCC1)[P+](=O)CCCC[P+](=O)C(CC)OCC(=O)OC1CCCCC1. The lowest BCUT2D eigenvalue weighted by Gasteiger charge is -2.21. The lowest BCUT2D eigenvalue weighted by molar-refractivity contribution is -0.157. The van der Waals surface area contributed by atoms with E-state index in [4.69, 9.17) is 18.9 Å². The van der Waals surface area contributed by atoms with Crippen molar-refractivity contribution in [2.75, 3.05) is 25.5 Å². The average Bonchev–Trinajstić information content (AvgIpc) is 2.88. The van der Waals surface area contributed by atoms with Gasteiger partial charge in [-0.2, -0.15) is 0 Å². The highest BCUT2D eigenvalue weighted by molar-refractivity contribution is 7.45. The maximum atomic E-state index is 12.7. The van der Waals surface area contributed by atoms with Gasteiger partial charge in [0.15, 0.2) is 0 Å². The van der Waals surface area contributed by atoms with Gasteiger partial charge in [-0.25, -0.2) is 9.59 Å². The summed E-state index contributed by atoms with van der Waals surface area (Å²) in [6, 6.07) is 0. The molecule has 2 saturated carbocycles. The van der Waals surface area contributed by atoms with E-state index in [9.17, 15) is 18.7 Å². The molecule has 2 rings (SSSR count). The molecule has 2 fully saturated rings. The smallest absolute Gasteiger partial charge is 0.370 e. The van der Waals surface area contributed by atoms with Gasteiger partial charge < -0.3 is 18.9 Å². The van der Waals surface area contributed by atoms with Crippen LogP contribution < -0.4 is 0 Å². The molecule has 4 unspecified atom stereocenters. The third-order valence-corrected chi connectivity index (χ3v) is 10.7. The molecular formula is C26H46O8P2+2. The summed E-state index contributed by atoms with van der Waals surface area (Å²) in [6.45, 7) is 3.45. The molecule has 8 nitrogen and oxygen atoms in total. The summed E-state index contributed by atoms with van der Waals surface area (Å²) in [5.74, 6) is -1.72. The number of hydrogen-bond acceptors (Lipinski definition) is 8. The Morgan fingerprint density at radius 3 is 1.36 bits per heavy atom. The second kappa shape index (κ2) is 18.3. The monoisotopic (exact) mass is 548 g/mol. The maximum absolute atomic E-state index is 12.7. The van der Waals surface area contributed by atoms with Crippen LogP contribution in [0.4, 0.5) is 0 Å². The second-order valence-electron chi connectivity index (χ2n) is 9.84. The average molecular weight is 549 g/mol. The molecule has 206 valence electrons. The molecule has 0 spiro atoms. The minimum Gasteiger partial charge on any atom is -0.461 e. The zero-order valence-corrected chi connectivity index (χ0v) is 24.0. The first-order chi connectivity index (χ1) is 17.4. The van der Waals surface area contributed by atoms with Crippen LogP contribution >= 0.6 is 15.6 Å². The first-order valence-corrected chi connectivity index (χ1v) is 16.9. The predicted molar refractivity (Wildman–Crippen MR) is 140 cm³/mol. The van der Waals surface area contributed by atoms with Crippen molar-refractivity contribution in [3.63, 3.8) is 0 Å². The number of esters is 2. The molecule has 2 aliphatic rings. The van der Waals surface area contributed by atoms with Crippen LogP contribution in [-0.4, -0.2) is 61.4 Å². The van der Waals surface area contributed by atoms with E-state index in [0.717, 1.165) is 51.4 Å². The van der Waals surface area contributed by atoms with Crippen molar-refractivity contribution in [3.05, 3.63) is 0 Å². The summed E-state index contributed by atoms with van der Waals surface area (Å²) < 4.78 is 47.5. The first-order valence-electron chi connectivity index (χ1n) is 13.9. The van der Waals surface area contributed by atoms with Crippen LogP contribution in [0.2, 0.25) is 0 Å². The van der Waals surface area contributed by atoms with Crippen LogP contribution in [0.5, 0.6) is 0 Å². The van der Waals surface area contributed by atoms with Crippen molar-refractivity contribution in [2.24, 2.45) is 0 Å². The van der Waals surface area contributed by atoms with Crippen molar-refractivity contribution in [2.45, 2.75) is 128 Å².